The van der Waals surface area contributed by atoms with Gasteiger partial charge in [0.05, 0.1) is 11.4 Å². The van der Waals surface area contributed by atoms with E-state index < -0.39 is 0 Å². The fourth-order valence-corrected chi connectivity index (χ4v) is 2.91. The first-order valence-electron chi connectivity index (χ1n) is 7.70. The number of hydrogen-bond donors (Lipinski definition) is 2. The number of H-pyrrole nitrogens is 1. The fraction of sp³-hybridized carbons (Fsp3) is 0.375. The average molecular weight is 348 g/mol. The van der Waals surface area contributed by atoms with Crippen molar-refractivity contribution in [3.05, 3.63) is 40.3 Å². The van der Waals surface area contributed by atoms with Crippen molar-refractivity contribution in [1.82, 2.24) is 14.8 Å². The van der Waals surface area contributed by atoms with Crippen molar-refractivity contribution >= 4 is 29.1 Å². The first-order chi connectivity index (χ1) is 11.5. The van der Waals surface area contributed by atoms with Gasteiger partial charge in [0, 0.05) is 12.1 Å². The summed E-state index contributed by atoms with van der Waals surface area (Å²) in [5.41, 5.74) is 0.685. The van der Waals surface area contributed by atoms with Crippen molar-refractivity contribution in [1.29, 1.82) is 0 Å². The monoisotopic (exact) mass is 348 g/mol. The van der Waals surface area contributed by atoms with E-state index in [1.807, 2.05) is 6.92 Å². The van der Waals surface area contributed by atoms with E-state index in [0.717, 1.165) is 12.8 Å². The molecule has 0 saturated heterocycles. The van der Waals surface area contributed by atoms with Gasteiger partial charge in [-0.2, -0.15) is 0 Å². The van der Waals surface area contributed by atoms with Crippen molar-refractivity contribution < 1.29 is 9.59 Å². The van der Waals surface area contributed by atoms with E-state index in [4.69, 9.17) is 0 Å². The number of aromatic nitrogens is 3. The van der Waals surface area contributed by atoms with Crippen LogP contribution in [0.3, 0.4) is 0 Å². The molecule has 1 amide bonds. The predicted octanol–water partition coefficient (Wildman–Crippen LogP) is 2.30. The van der Waals surface area contributed by atoms with Gasteiger partial charge in [-0.1, -0.05) is 37.2 Å². The van der Waals surface area contributed by atoms with Crippen molar-refractivity contribution in [2.75, 3.05) is 11.1 Å². The third-order valence-corrected chi connectivity index (χ3v) is 4.35. The zero-order chi connectivity index (χ0) is 17.5. The highest BCUT2D eigenvalue weighted by molar-refractivity contribution is 7.99. The van der Waals surface area contributed by atoms with Crippen LogP contribution in [0.4, 0.5) is 5.69 Å². The maximum Gasteiger partial charge on any atom is 0.343 e. The number of rotatable bonds is 8. The SMILES string of the molecule is CCCCn1c(SCC(=O)Nc2ccccc2C(C)=O)n[nH]c1=O. The summed E-state index contributed by atoms with van der Waals surface area (Å²) < 4.78 is 1.53. The van der Waals surface area contributed by atoms with Crippen LogP contribution >= 0.6 is 11.8 Å². The van der Waals surface area contributed by atoms with Gasteiger partial charge in [-0.3, -0.25) is 14.2 Å². The zero-order valence-electron chi connectivity index (χ0n) is 13.7. The highest BCUT2D eigenvalue weighted by Crippen LogP contribution is 2.18. The second-order valence-electron chi connectivity index (χ2n) is 5.26. The van der Waals surface area contributed by atoms with Gasteiger partial charge in [0.1, 0.15) is 0 Å². The van der Waals surface area contributed by atoms with Crippen LogP contribution in [-0.4, -0.2) is 32.2 Å². The van der Waals surface area contributed by atoms with Crippen LogP contribution in [0.5, 0.6) is 0 Å². The Hall–Kier alpha value is -2.35. The number of para-hydroxylation sites is 1. The number of nitrogens with zero attached hydrogens (tertiary/aromatic N) is 2. The van der Waals surface area contributed by atoms with Crippen LogP contribution < -0.4 is 11.0 Å². The number of anilines is 1. The normalized spacial score (nSPS) is 10.6. The Morgan fingerprint density at radius 1 is 1.33 bits per heavy atom. The lowest BCUT2D eigenvalue weighted by Gasteiger charge is -2.09. The number of carbonyl (C=O) groups excluding carboxylic acids is 2. The number of unbranched alkanes of at least 4 members (excludes halogenated alkanes) is 1. The molecule has 7 nitrogen and oxygen atoms in total. The third kappa shape index (κ3) is 4.58. The molecule has 128 valence electrons. The molecule has 2 N–H and O–H groups in total. The lowest BCUT2D eigenvalue weighted by atomic mass is 10.1. The standard InChI is InChI=1S/C16H20N4O3S/c1-3-4-9-20-15(23)18-19-16(20)24-10-14(22)17-13-8-6-5-7-12(13)11(2)21/h5-8H,3-4,9-10H2,1-2H3,(H,17,22)(H,18,23). The minimum Gasteiger partial charge on any atom is -0.325 e. The quantitative estimate of drug-likeness (QED) is 0.563. The second-order valence-corrected chi connectivity index (χ2v) is 6.20. The lowest BCUT2D eigenvalue weighted by Crippen LogP contribution is -2.19. The molecule has 0 radical (unpaired) electrons. The summed E-state index contributed by atoms with van der Waals surface area (Å²) in [4.78, 5) is 35.4. The van der Waals surface area contributed by atoms with Gasteiger partial charge in [0.15, 0.2) is 10.9 Å². The van der Waals surface area contributed by atoms with Gasteiger partial charge in [-0.15, -0.1) is 5.10 Å². The topological polar surface area (TPSA) is 96.8 Å². The maximum absolute atomic E-state index is 12.1. The van der Waals surface area contributed by atoms with Gasteiger partial charge in [-0.25, -0.2) is 9.89 Å². The summed E-state index contributed by atoms with van der Waals surface area (Å²) in [6.07, 6.45) is 1.83. The molecule has 2 aromatic rings. The van der Waals surface area contributed by atoms with Crippen molar-refractivity contribution in [2.24, 2.45) is 0 Å². The smallest absolute Gasteiger partial charge is 0.325 e. The molecule has 0 aliphatic heterocycles. The van der Waals surface area contributed by atoms with Gasteiger partial charge >= 0.3 is 5.69 Å². The van der Waals surface area contributed by atoms with E-state index in [9.17, 15) is 14.4 Å². The fourth-order valence-electron chi connectivity index (χ4n) is 2.14. The number of Topliss-reactive ketones (excluding diaryl/α,β-unsaturated/α-hetero) is 1. The van der Waals surface area contributed by atoms with E-state index >= 15 is 0 Å². The summed E-state index contributed by atoms with van der Waals surface area (Å²) >= 11 is 1.18. The van der Waals surface area contributed by atoms with E-state index in [1.165, 1.54) is 23.3 Å². The number of thioether (sulfide) groups is 1. The Bertz CT molecular complexity index is 782. The Balaban J connectivity index is 2.00. The molecule has 0 bridgehead atoms. The first-order valence-corrected chi connectivity index (χ1v) is 8.69. The van der Waals surface area contributed by atoms with Crippen molar-refractivity contribution in [3.63, 3.8) is 0 Å². The summed E-state index contributed by atoms with van der Waals surface area (Å²) in [6.45, 7) is 4.07. The minimum absolute atomic E-state index is 0.0999. The molecule has 1 aromatic heterocycles. The molecule has 2 rings (SSSR count). The molecule has 0 spiro atoms. The molecule has 8 heteroatoms. The zero-order valence-corrected chi connectivity index (χ0v) is 14.5. The van der Waals surface area contributed by atoms with E-state index in [-0.39, 0.29) is 23.1 Å². The Morgan fingerprint density at radius 2 is 2.08 bits per heavy atom. The predicted molar refractivity (Wildman–Crippen MR) is 93.6 cm³/mol. The Labute approximate surface area is 143 Å². The number of hydrogen-bond acceptors (Lipinski definition) is 5. The second kappa shape index (κ2) is 8.49. The first kappa shape index (κ1) is 18.0. The van der Waals surface area contributed by atoms with Crippen molar-refractivity contribution in [3.8, 4) is 0 Å². The highest BCUT2D eigenvalue weighted by Gasteiger charge is 2.13. The van der Waals surface area contributed by atoms with Gasteiger partial charge in [-0.05, 0) is 25.5 Å². The molecule has 0 fully saturated rings. The summed E-state index contributed by atoms with van der Waals surface area (Å²) in [7, 11) is 0. The Morgan fingerprint density at radius 3 is 2.79 bits per heavy atom. The lowest BCUT2D eigenvalue weighted by molar-refractivity contribution is -0.113. The number of carbonyl (C=O) groups is 2. The van der Waals surface area contributed by atoms with Gasteiger partial charge < -0.3 is 5.32 Å². The summed E-state index contributed by atoms with van der Waals surface area (Å²) in [5, 5.41) is 9.57. The summed E-state index contributed by atoms with van der Waals surface area (Å²) in [6, 6.07) is 6.86. The molecular weight excluding hydrogens is 328 g/mol. The molecule has 0 atom stereocenters. The molecule has 1 heterocycles. The number of aromatic amines is 1. The number of benzene rings is 1. The van der Waals surface area contributed by atoms with Crippen LogP contribution in [0.15, 0.2) is 34.2 Å². The third-order valence-electron chi connectivity index (χ3n) is 3.37. The van der Waals surface area contributed by atoms with Gasteiger partial charge in [0.2, 0.25) is 5.91 Å². The number of ketones is 1. The molecule has 0 aliphatic rings. The van der Waals surface area contributed by atoms with E-state index in [1.54, 1.807) is 24.3 Å². The summed E-state index contributed by atoms with van der Waals surface area (Å²) in [5.74, 6) is -0.270. The van der Waals surface area contributed by atoms with E-state index in [0.29, 0.717) is 23.0 Å². The van der Waals surface area contributed by atoms with Crippen LogP contribution in [0.1, 0.15) is 37.0 Å². The molecule has 0 unspecified atom stereocenters. The van der Waals surface area contributed by atoms with Crippen LogP contribution in [0.2, 0.25) is 0 Å². The Kier molecular flexibility index (Phi) is 6.36. The average Bonchev–Trinajstić information content (AvgIpc) is 2.91. The minimum atomic E-state index is -0.270. The number of nitrogens with one attached hydrogen (secondary N) is 2. The van der Waals surface area contributed by atoms with E-state index in [2.05, 4.69) is 15.5 Å². The molecule has 0 aliphatic carbocycles. The molecule has 1 aromatic carbocycles. The van der Waals surface area contributed by atoms with Crippen LogP contribution in [0, 0.1) is 0 Å². The highest BCUT2D eigenvalue weighted by atomic mass is 32.2. The molecule has 24 heavy (non-hydrogen) atoms. The molecule has 0 saturated carbocycles. The largest absolute Gasteiger partial charge is 0.343 e. The van der Waals surface area contributed by atoms with Gasteiger partial charge in [0.25, 0.3) is 0 Å². The molecular formula is C16H20N4O3S. The number of amides is 1. The van der Waals surface area contributed by atoms with Crippen LogP contribution in [-0.2, 0) is 11.3 Å². The maximum atomic E-state index is 12.1. The van der Waals surface area contributed by atoms with Crippen molar-refractivity contribution in [2.45, 2.75) is 38.4 Å². The van der Waals surface area contributed by atoms with Crippen LogP contribution in [0.25, 0.3) is 0 Å².